The lowest BCUT2D eigenvalue weighted by molar-refractivity contribution is -0.123. The maximum absolute atomic E-state index is 12.9. The minimum Gasteiger partial charge on any atom is -0.493 e. The third kappa shape index (κ3) is 5.61. The lowest BCUT2D eigenvalue weighted by atomic mass is 10.1. The molecule has 0 N–H and O–H groups in total. The van der Waals surface area contributed by atoms with Gasteiger partial charge in [0.15, 0.2) is 11.5 Å². The van der Waals surface area contributed by atoms with Gasteiger partial charge in [0.05, 0.1) is 18.6 Å². The number of halogens is 2. The summed E-state index contributed by atoms with van der Waals surface area (Å²) in [7, 11) is 1.56. The molecule has 5 nitrogen and oxygen atoms in total. The topological polar surface area (TPSA) is 55.8 Å². The molecule has 0 atom stereocenters. The summed E-state index contributed by atoms with van der Waals surface area (Å²) < 4.78 is 12.2. The van der Waals surface area contributed by atoms with E-state index in [0.717, 1.165) is 32.9 Å². The quantitative estimate of drug-likeness (QED) is 0.302. The zero-order valence-electron chi connectivity index (χ0n) is 17.6. The first-order valence-corrected chi connectivity index (χ1v) is 12.0. The van der Waals surface area contributed by atoms with Gasteiger partial charge >= 0.3 is 0 Å². The highest BCUT2D eigenvalue weighted by Gasteiger charge is 2.35. The Morgan fingerprint density at radius 3 is 2.52 bits per heavy atom. The van der Waals surface area contributed by atoms with E-state index < -0.39 is 0 Å². The van der Waals surface area contributed by atoms with Crippen LogP contribution in [0.5, 0.6) is 11.5 Å². The molecule has 1 aliphatic heterocycles. The van der Waals surface area contributed by atoms with Crippen LogP contribution in [0.3, 0.4) is 0 Å². The third-order valence-electron chi connectivity index (χ3n) is 4.95. The van der Waals surface area contributed by atoms with E-state index in [1.807, 2.05) is 54.6 Å². The molecular weight excluding hydrogens is 526 g/mol. The molecular formula is C25H19BrClNO4S. The molecule has 1 fully saturated rings. The fourth-order valence-corrected chi connectivity index (χ4v) is 4.59. The molecule has 8 heteroatoms. The summed E-state index contributed by atoms with van der Waals surface area (Å²) >= 11 is 10.3. The minimum absolute atomic E-state index is 0.213. The number of methoxy groups -OCH3 is 1. The molecule has 168 valence electrons. The van der Waals surface area contributed by atoms with E-state index in [-0.39, 0.29) is 17.7 Å². The van der Waals surface area contributed by atoms with E-state index in [2.05, 4.69) is 15.9 Å². The first-order valence-electron chi connectivity index (χ1n) is 9.98. The van der Waals surface area contributed by atoms with Crippen molar-refractivity contribution in [2.24, 2.45) is 0 Å². The standard InChI is InChI=1S/C25H19BrClNO4S/c1-31-22-12-17(8-11-21(22)32-15-16-6-9-19(27)10-7-16)13-23-24(29)28(25(30)33-23)14-18-4-2-3-5-20(18)26/h2-13H,14-15H2,1H3/b23-13+. The number of carbonyl (C=O) groups excluding carboxylic acids is 2. The Morgan fingerprint density at radius 1 is 1.03 bits per heavy atom. The Balaban J connectivity index is 1.49. The molecule has 2 amide bonds. The number of hydrogen-bond acceptors (Lipinski definition) is 5. The summed E-state index contributed by atoms with van der Waals surface area (Å²) in [4.78, 5) is 27.0. The molecule has 0 aliphatic carbocycles. The normalized spacial score (nSPS) is 14.8. The molecule has 4 rings (SSSR count). The van der Waals surface area contributed by atoms with Crippen molar-refractivity contribution in [3.05, 3.63) is 97.8 Å². The van der Waals surface area contributed by atoms with Gasteiger partial charge in [-0.1, -0.05) is 63.9 Å². The molecule has 0 spiro atoms. The Hall–Kier alpha value is -2.74. The molecule has 33 heavy (non-hydrogen) atoms. The summed E-state index contributed by atoms with van der Waals surface area (Å²) in [5.41, 5.74) is 2.58. The van der Waals surface area contributed by atoms with E-state index in [1.54, 1.807) is 25.3 Å². The van der Waals surface area contributed by atoms with Crippen LogP contribution in [0.15, 0.2) is 76.1 Å². The zero-order chi connectivity index (χ0) is 23.4. The number of carbonyl (C=O) groups is 2. The highest BCUT2D eigenvalue weighted by Crippen LogP contribution is 2.36. The smallest absolute Gasteiger partial charge is 0.293 e. The Labute approximate surface area is 209 Å². The van der Waals surface area contributed by atoms with Crippen LogP contribution in [0.4, 0.5) is 4.79 Å². The summed E-state index contributed by atoms with van der Waals surface area (Å²) in [6.07, 6.45) is 1.69. The monoisotopic (exact) mass is 543 g/mol. The van der Waals surface area contributed by atoms with Crippen LogP contribution in [-0.2, 0) is 17.9 Å². The number of thioether (sulfide) groups is 1. The van der Waals surface area contributed by atoms with Gasteiger partial charge in [0.2, 0.25) is 0 Å². The molecule has 0 bridgehead atoms. The highest BCUT2D eigenvalue weighted by atomic mass is 79.9. The van der Waals surface area contributed by atoms with Crippen molar-refractivity contribution in [2.45, 2.75) is 13.2 Å². The predicted octanol–water partition coefficient (Wildman–Crippen LogP) is 6.93. The van der Waals surface area contributed by atoms with Gasteiger partial charge in [0, 0.05) is 9.50 Å². The van der Waals surface area contributed by atoms with Crippen LogP contribution < -0.4 is 9.47 Å². The van der Waals surface area contributed by atoms with Gasteiger partial charge in [-0.25, -0.2) is 0 Å². The lowest BCUT2D eigenvalue weighted by Crippen LogP contribution is -2.27. The number of rotatable bonds is 7. The maximum Gasteiger partial charge on any atom is 0.293 e. The third-order valence-corrected chi connectivity index (χ3v) is 6.89. The van der Waals surface area contributed by atoms with Crippen molar-refractivity contribution < 1.29 is 19.1 Å². The van der Waals surface area contributed by atoms with Gasteiger partial charge in [-0.15, -0.1) is 0 Å². The number of hydrogen-bond donors (Lipinski definition) is 0. The number of ether oxygens (including phenoxy) is 2. The summed E-state index contributed by atoms with van der Waals surface area (Å²) in [6, 6.07) is 20.3. The number of imide groups is 1. The van der Waals surface area contributed by atoms with Crippen LogP contribution in [-0.4, -0.2) is 23.2 Å². The fraction of sp³-hybridized carbons (Fsp3) is 0.120. The predicted molar refractivity (Wildman–Crippen MR) is 134 cm³/mol. The Morgan fingerprint density at radius 2 is 1.79 bits per heavy atom. The Bertz CT molecular complexity index is 1230. The molecule has 1 heterocycles. The lowest BCUT2D eigenvalue weighted by Gasteiger charge is -2.13. The SMILES string of the molecule is COc1cc(/C=C2/SC(=O)N(Cc3ccccc3Br)C2=O)ccc1OCc1ccc(Cl)cc1. The van der Waals surface area contributed by atoms with Gasteiger partial charge in [-0.2, -0.15) is 0 Å². The second-order valence-electron chi connectivity index (χ2n) is 7.18. The molecule has 1 saturated heterocycles. The number of nitrogens with zero attached hydrogens (tertiary/aromatic N) is 1. The highest BCUT2D eigenvalue weighted by molar-refractivity contribution is 9.10. The number of benzene rings is 3. The molecule has 0 unspecified atom stereocenters. The average molecular weight is 545 g/mol. The molecule has 3 aromatic carbocycles. The second kappa shape index (κ2) is 10.5. The van der Waals surface area contributed by atoms with E-state index in [9.17, 15) is 9.59 Å². The van der Waals surface area contributed by atoms with E-state index in [0.29, 0.717) is 28.0 Å². The molecule has 0 radical (unpaired) electrons. The van der Waals surface area contributed by atoms with Crippen LogP contribution in [0.25, 0.3) is 6.08 Å². The summed E-state index contributed by atoms with van der Waals surface area (Å²) in [6.45, 7) is 0.574. The van der Waals surface area contributed by atoms with Gasteiger partial charge < -0.3 is 9.47 Å². The van der Waals surface area contributed by atoms with Crippen molar-refractivity contribution in [3.63, 3.8) is 0 Å². The van der Waals surface area contributed by atoms with Crippen molar-refractivity contribution >= 4 is 56.5 Å². The summed E-state index contributed by atoms with van der Waals surface area (Å²) in [5.74, 6) is 0.791. The van der Waals surface area contributed by atoms with Gasteiger partial charge in [0.25, 0.3) is 11.1 Å². The van der Waals surface area contributed by atoms with Crippen molar-refractivity contribution in [1.82, 2.24) is 4.90 Å². The second-order valence-corrected chi connectivity index (χ2v) is 9.47. The average Bonchev–Trinajstić information content (AvgIpc) is 3.07. The minimum atomic E-state index is -0.317. The van der Waals surface area contributed by atoms with E-state index >= 15 is 0 Å². The summed E-state index contributed by atoms with van der Waals surface area (Å²) in [5, 5.41) is 0.374. The largest absolute Gasteiger partial charge is 0.493 e. The van der Waals surface area contributed by atoms with Crippen molar-refractivity contribution in [1.29, 1.82) is 0 Å². The van der Waals surface area contributed by atoms with Crippen LogP contribution in [0.1, 0.15) is 16.7 Å². The first-order chi connectivity index (χ1) is 15.9. The van der Waals surface area contributed by atoms with Crippen LogP contribution >= 0.6 is 39.3 Å². The van der Waals surface area contributed by atoms with Gasteiger partial charge in [-0.3, -0.25) is 14.5 Å². The van der Waals surface area contributed by atoms with Gasteiger partial charge in [-0.05, 0) is 64.9 Å². The molecule has 1 aliphatic rings. The zero-order valence-corrected chi connectivity index (χ0v) is 20.7. The first kappa shape index (κ1) is 23.4. The van der Waals surface area contributed by atoms with Gasteiger partial charge in [0.1, 0.15) is 6.61 Å². The number of amides is 2. The molecule has 0 saturated carbocycles. The maximum atomic E-state index is 12.9. The molecule has 3 aromatic rings. The Kier molecular flexibility index (Phi) is 7.42. The van der Waals surface area contributed by atoms with Crippen LogP contribution in [0, 0.1) is 0 Å². The van der Waals surface area contributed by atoms with Crippen LogP contribution in [0.2, 0.25) is 5.02 Å². The molecule has 0 aromatic heterocycles. The van der Waals surface area contributed by atoms with E-state index in [1.165, 1.54) is 4.90 Å². The van der Waals surface area contributed by atoms with E-state index in [4.69, 9.17) is 21.1 Å². The van der Waals surface area contributed by atoms with Crippen molar-refractivity contribution in [3.8, 4) is 11.5 Å². The fourth-order valence-electron chi connectivity index (χ4n) is 3.22. The van der Waals surface area contributed by atoms with Crippen molar-refractivity contribution in [2.75, 3.05) is 7.11 Å².